The lowest BCUT2D eigenvalue weighted by atomic mass is 9.92. The van der Waals surface area contributed by atoms with Crippen LogP contribution in [0.5, 0.6) is 0 Å². The number of rotatable bonds is 3. The zero-order valence-corrected chi connectivity index (χ0v) is 9.63. The van der Waals surface area contributed by atoms with Crippen LogP contribution in [0.15, 0.2) is 0 Å². The summed E-state index contributed by atoms with van der Waals surface area (Å²) < 4.78 is 11.0. The van der Waals surface area contributed by atoms with Crippen LogP contribution < -0.4 is 0 Å². The van der Waals surface area contributed by atoms with E-state index in [0.29, 0.717) is 19.1 Å². The summed E-state index contributed by atoms with van der Waals surface area (Å²) in [6, 6.07) is -0.441. The normalized spacial score (nSPS) is 36.4. The van der Waals surface area contributed by atoms with Crippen molar-refractivity contribution in [1.82, 2.24) is 0 Å². The number of nitro groups is 1. The fraction of sp³-hybridized carbons (Fsp3) is 1.00. The number of hydrogen-bond donors (Lipinski definition) is 0. The minimum absolute atomic E-state index is 0.173. The van der Waals surface area contributed by atoms with Crippen molar-refractivity contribution in [2.75, 3.05) is 6.79 Å². The molecule has 16 heavy (non-hydrogen) atoms. The van der Waals surface area contributed by atoms with E-state index < -0.39 is 6.04 Å². The Balaban J connectivity index is 1.88. The van der Waals surface area contributed by atoms with Crippen molar-refractivity contribution in [3.05, 3.63) is 10.1 Å². The Hall–Kier alpha value is -0.680. The molecule has 0 N–H and O–H groups in total. The Morgan fingerprint density at radius 2 is 2.12 bits per heavy atom. The van der Waals surface area contributed by atoms with Crippen molar-refractivity contribution >= 4 is 0 Å². The van der Waals surface area contributed by atoms with Crippen molar-refractivity contribution in [2.24, 2.45) is 5.92 Å². The van der Waals surface area contributed by atoms with Crippen LogP contribution in [0, 0.1) is 16.0 Å². The van der Waals surface area contributed by atoms with Crippen LogP contribution in [-0.4, -0.2) is 30.0 Å². The van der Waals surface area contributed by atoms with E-state index in [2.05, 4.69) is 0 Å². The maximum Gasteiger partial charge on any atom is 0.210 e. The van der Waals surface area contributed by atoms with E-state index in [1.54, 1.807) is 6.92 Å². The first-order valence-corrected chi connectivity index (χ1v) is 6.03. The van der Waals surface area contributed by atoms with E-state index in [0.717, 1.165) is 25.7 Å². The topological polar surface area (TPSA) is 61.6 Å². The van der Waals surface area contributed by atoms with Crippen LogP contribution in [-0.2, 0) is 9.47 Å². The fourth-order valence-corrected chi connectivity index (χ4v) is 2.75. The zero-order valence-electron chi connectivity index (χ0n) is 9.63. The van der Waals surface area contributed by atoms with Gasteiger partial charge in [0.05, 0.1) is 12.2 Å². The average Bonchev–Trinajstić information content (AvgIpc) is 2.57. The molecule has 1 aliphatic heterocycles. The quantitative estimate of drug-likeness (QED) is 0.548. The summed E-state index contributed by atoms with van der Waals surface area (Å²) in [6.07, 6.45) is 5.19. The molecule has 0 bridgehead atoms. The molecule has 4 atom stereocenters. The molecule has 1 saturated heterocycles. The molecule has 0 spiro atoms. The van der Waals surface area contributed by atoms with Gasteiger partial charge in [-0.1, -0.05) is 6.42 Å². The minimum Gasteiger partial charge on any atom is -0.349 e. The van der Waals surface area contributed by atoms with E-state index in [-0.39, 0.29) is 17.1 Å². The number of nitrogens with zero attached hydrogens (tertiary/aromatic N) is 1. The molecule has 1 aliphatic carbocycles. The van der Waals surface area contributed by atoms with Gasteiger partial charge in [0.2, 0.25) is 6.04 Å². The van der Waals surface area contributed by atoms with Gasteiger partial charge >= 0.3 is 0 Å². The van der Waals surface area contributed by atoms with Crippen molar-refractivity contribution in [3.63, 3.8) is 0 Å². The molecule has 2 fully saturated rings. The number of ether oxygens (including phenoxy) is 2. The summed E-state index contributed by atoms with van der Waals surface area (Å²) in [5, 5.41) is 10.6. The lowest BCUT2D eigenvalue weighted by Gasteiger charge is -2.18. The van der Waals surface area contributed by atoms with Gasteiger partial charge < -0.3 is 9.47 Å². The van der Waals surface area contributed by atoms with Crippen LogP contribution in [0.2, 0.25) is 0 Å². The van der Waals surface area contributed by atoms with Gasteiger partial charge in [0.15, 0.2) is 0 Å². The van der Waals surface area contributed by atoms with Crippen LogP contribution >= 0.6 is 0 Å². The predicted molar refractivity (Wildman–Crippen MR) is 57.6 cm³/mol. The maximum absolute atomic E-state index is 10.6. The molecular weight excluding hydrogens is 210 g/mol. The Morgan fingerprint density at radius 3 is 2.88 bits per heavy atom. The summed E-state index contributed by atoms with van der Waals surface area (Å²) in [4.78, 5) is 10.5. The number of hydrogen-bond acceptors (Lipinski definition) is 4. The van der Waals surface area contributed by atoms with Gasteiger partial charge in [-0.25, -0.2) is 0 Å². The molecular formula is C11H19NO4. The van der Waals surface area contributed by atoms with Gasteiger partial charge in [0.1, 0.15) is 6.79 Å². The van der Waals surface area contributed by atoms with Crippen molar-refractivity contribution in [3.8, 4) is 0 Å². The van der Waals surface area contributed by atoms with Gasteiger partial charge in [0.25, 0.3) is 0 Å². The molecule has 4 unspecified atom stereocenters. The van der Waals surface area contributed by atoms with Gasteiger partial charge in [-0.3, -0.25) is 10.1 Å². The molecule has 1 saturated carbocycles. The highest BCUT2D eigenvalue weighted by molar-refractivity contribution is 4.82. The molecule has 2 aliphatic rings. The lowest BCUT2D eigenvalue weighted by molar-refractivity contribution is -0.520. The zero-order chi connectivity index (χ0) is 11.5. The summed E-state index contributed by atoms with van der Waals surface area (Å²) in [7, 11) is 0. The lowest BCUT2D eigenvalue weighted by Crippen LogP contribution is -2.25. The molecule has 5 nitrogen and oxygen atoms in total. The summed E-state index contributed by atoms with van der Waals surface area (Å²) in [5.74, 6) is 0.414. The minimum atomic E-state index is -0.441. The van der Waals surface area contributed by atoms with E-state index in [1.165, 1.54) is 0 Å². The summed E-state index contributed by atoms with van der Waals surface area (Å²) in [5.41, 5.74) is 0. The highest BCUT2D eigenvalue weighted by atomic mass is 16.7. The van der Waals surface area contributed by atoms with Gasteiger partial charge in [-0.15, -0.1) is 0 Å². The first kappa shape index (κ1) is 11.8. The third-order valence-corrected chi connectivity index (χ3v) is 3.68. The van der Waals surface area contributed by atoms with E-state index >= 15 is 0 Å². The van der Waals surface area contributed by atoms with Crippen LogP contribution in [0.3, 0.4) is 0 Å². The second kappa shape index (κ2) is 5.10. The SMILES string of the molecule is CC(CC1CCCC2OCOC2C1)[N+](=O)[O-]. The van der Waals surface area contributed by atoms with Crippen molar-refractivity contribution in [1.29, 1.82) is 0 Å². The standard InChI is InChI=1S/C11H19NO4/c1-8(12(13)14)5-9-3-2-4-10-11(6-9)16-7-15-10/h8-11H,2-7H2,1H3. The Bertz CT molecular complexity index is 258. The second-order valence-corrected chi connectivity index (χ2v) is 4.93. The van der Waals surface area contributed by atoms with Crippen molar-refractivity contribution in [2.45, 2.75) is 57.3 Å². The van der Waals surface area contributed by atoms with Gasteiger partial charge in [0, 0.05) is 18.3 Å². The Kier molecular flexibility index (Phi) is 3.76. The average molecular weight is 229 g/mol. The Morgan fingerprint density at radius 1 is 1.38 bits per heavy atom. The molecule has 5 heteroatoms. The molecule has 92 valence electrons. The van der Waals surface area contributed by atoms with E-state index in [9.17, 15) is 10.1 Å². The third-order valence-electron chi connectivity index (χ3n) is 3.68. The highest BCUT2D eigenvalue weighted by Gasteiger charge is 2.35. The summed E-state index contributed by atoms with van der Waals surface area (Å²) >= 11 is 0. The molecule has 0 amide bonds. The van der Waals surface area contributed by atoms with Crippen LogP contribution in [0.1, 0.15) is 39.0 Å². The Labute approximate surface area is 95.3 Å². The predicted octanol–water partition coefficient (Wildman–Crippen LogP) is 1.97. The molecule has 0 aromatic heterocycles. The monoisotopic (exact) mass is 229 g/mol. The molecule has 1 heterocycles. The highest BCUT2D eigenvalue weighted by Crippen LogP contribution is 2.33. The van der Waals surface area contributed by atoms with Gasteiger partial charge in [-0.2, -0.15) is 0 Å². The van der Waals surface area contributed by atoms with Gasteiger partial charge in [-0.05, 0) is 25.2 Å². The maximum atomic E-state index is 10.6. The third kappa shape index (κ3) is 2.71. The second-order valence-electron chi connectivity index (χ2n) is 4.93. The first-order valence-electron chi connectivity index (χ1n) is 6.03. The first-order chi connectivity index (χ1) is 7.66. The van der Waals surface area contributed by atoms with Crippen LogP contribution in [0.25, 0.3) is 0 Å². The fourth-order valence-electron chi connectivity index (χ4n) is 2.75. The molecule has 0 aromatic carbocycles. The van der Waals surface area contributed by atoms with Crippen molar-refractivity contribution < 1.29 is 14.4 Å². The largest absolute Gasteiger partial charge is 0.349 e. The van der Waals surface area contributed by atoms with E-state index in [4.69, 9.17) is 9.47 Å². The van der Waals surface area contributed by atoms with Crippen LogP contribution in [0.4, 0.5) is 0 Å². The molecule has 0 radical (unpaired) electrons. The summed E-state index contributed by atoms with van der Waals surface area (Å²) in [6.45, 7) is 2.08. The molecule has 2 rings (SSSR count). The molecule has 0 aromatic rings. The van der Waals surface area contributed by atoms with E-state index in [1.807, 2.05) is 0 Å². The smallest absolute Gasteiger partial charge is 0.210 e. The number of fused-ring (bicyclic) bond motifs is 1.